The summed E-state index contributed by atoms with van der Waals surface area (Å²) in [7, 11) is 0. The van der Waals surface area contributed by atoms with Gasteiger partial charge in [0.15, 0.2) is 0 Å². The van der Waals surface area contributed by atoms with Gasteiger partial charge in [0.2, 0.25) is 5.91 Å². The summed E-state index contributed by atoms with van der Waals surface area (Å²) in [4.78, 5) is 32.2. The molecule has 2 aliphatic rings. The summed E-state index contributed by atoms with van der Waals surface area (Å²) in [6.07, 6.45) is 2.07. The Balaban J connectivity index is 1.46. The zero-order valence-corrected chi connectivity index (χ0v) is 22.1. The molecule has 3 aromatic rings. The second kappa shape index (κ2) is 9.86. The molecule has 0 radical (unpaired) electrons. The summed E-state index contributed by atoms with van der Waals surface area (Å²) in [5.74, 6) is -2.55. The molecule has 0 unspecified atom stereocenters. The lowest BCUT2D eigenvalue weighted by molar-refractivity contribution is -0.190. The lowest BCUT2D eigenvalue weighted by Gasteiger charge is -2.43. The van der Waals surface area contributed by atoms with Gasteiger partial charge in [-0.15, -0.1) is 0 Å². The van der Waals surface area contributed by atoms with Crippen LogP contribution in [0.3, 0.4) is 0 Å². The van der Waals surface area contributed by atoms with Crippen LogP contribution in [0.5, 0.6) is 0 Å². The van der Waals surface area contributed by atoms with E-state index >= 15 is 0 Å². The van der Waals surface area contributed by atoms with Crippen LogP contribution in [-0.2, 0) is 21.4 Å². The molecular formula is C30H33F3N4O2. The highest BCUT2D eigenvalue weighted by molar-refractivity contribution is 5.91. The van der Waals surface area contributed by atoms with Crippen molar-refractivity contribution in [2.24, 2.45) is 5.73 Å². The number of likely N-dealkylation sites (tertiary alicyclic amines) is 1. The first-order valence-electron chi connectivity index (χ1n) is 13.2. The first-order valence-corrected chi connectivity index (χ1v) is 13.2. The van der Waals surface area contributed by atoms with Crippen LogP contribution in [0.1, 0.15) is 43.4 Å². The Kier molecular flexibility index (Phi) is 6.83. The predicted octanol–water partition coefficient (Wildman–Crippen LogP) is 4.79. The fraction of sp³-hybridized carbons (Fsp3) is 0.400. The molecule has 1 aliphatic carbocycles. The molecule has 1 aliphatic heterocycles. The number of amides is 2. The van der Waals surface area contributed by atoms with Gasteiger partial charge in [-0.2, -0.15) is 13.2 Å². The standard InChI is InChI=1S/C30H33F3N4O2/c1-28(2,34)19-37(27(39)30(31,32)33)25(17-21-18-35-24-10-6-4-8-22(21)24)26(38)36-15-13-29(14-16-36)12-11-20-7-3-5-9-23(20)29/h3-12,18,25,35H,13-17,19,34H2,1-2H3/t25-/m1/s1. The summed E-state index contributed by atoms with van der Waals surface area (Å²) in [6.45, 7) is 3.43. The molecule has 5 rings (SSSR count). The van der Waals surface area contributed by atoms with Crippen molar-refractivity contribution in [3.8, 4) is 0 Å². The summed E-state index contributed by atoms with van der Waals surface area (Å²) < 4.78 is 41.5. The van der Waals surface area contributed by atoms with Crippen LogP contribution < -0.4 is 5.73 Å². The second-order valence-corrected chi connectivity index (χ2v) is 11.4. The molecule has 1 atom stereocenters. The number of allylic oxidation sites excluding steroid dienone is 1. The van der Waals surface area contributed by atoms with Gasteiger partial charge >= 0.3 is 12.1 Å². The topological polar surface area (TPSA) is 82.4 Å². The third kappa shape index (κ3) is 5.32. The number of nitrogens with zero attached hydrogens (tertiary/aromatic N) is 2. The number of nitrogens with two attached hydrogens (primary N) is 1. The minimum Gasteiger partial charge on any atom is -0.361 e. The van der Waals surface area contributed by atoms with Crippen molar-refractivity contribution in [2.45, 2.75) is 56.3 Å². The van der Waals surface area contributed by atoms with Gasteiger partial charge < -0.3 is 20.5 Å². The SMILES string of the molecule is CC(C)(N)CN(C(=O)C(F)(F)F)[C@H](Cc1c[nH]c2ccccc12)C(=O)N1CCC2(C=Cc3ccccc32)CC1. The Bertz CT molecular complexity index is 1410. The molecule has 0 bridgehead atoms. The number of aromatic amines is 1. The van der Waals surface area contributed by atoms with Crippen LogP contribution in [0.4, 0.5) is 13.2 Å². The zero-order chi connectivity index (χ0) is 28.0. The largest absolute Gasteiger partial charge is 0.471 e. The van der Waals surface area contributed by atoms with Crippen molar-refractivity contribution in [2.75, 3.05) is 19.6 Å². The predicted molar refractivity (Wildman–Crippen MR) is 145 cm³/mol. The number of piperidine rings is 1. The Morgan fingerprint density at radius 2 is 1.74 bits per heavy atom. The minimum absolute atomic E-state index is 0.0644. The Hall–Kier alpha value is -3.59. The molecule has 2 amide bonds. The summed E-state index contributed by atoms with van der Waals surface area (Å²) in [5.41, 5.74) is 8.62. The molecule has 1 spiro atoms. The minimum atomic E-state index is -5.14. The van der Waals surface area contributed by atoms with E-state index in [2.05, 4.69) is 29.3 Å². The molecule has 1 aromatic heterocycles. The maximum Gasteiger partial charge on any atom is 0.471 e. The number of carbonyl (C=O) groups excluding carboxylic acids is 2. The highest BCUT2D eigenvalue weighted by atomic mass is 19.4. The van der Waals surface area contributed by atoms with Crippen LogP contribution in [0, 0.1) is 0 Å². The number of alkyl halides is 3. The Morgan fingerprint density at radius 3 is 2.44 bits per heavy atom. The molecule has 9 heteroatoms. The highest BCUT2D eigenvalue weighted by Crippen LogP contribution is 2.44. The maximum absolute atomic E-state index is 14.1. The van der Waals surface area contributed by atoms with Crippen LogP contribution >= 0.6 is 0 Å². The lowest BCUT2D eigenvalue weighted by atomic mass is 9.74. The Labute approximate surface area is 225 Å². The summed E-state index contributed by atoms with van der Waals surface area (Å²) in [6, 6.07) is 14.2. The average molecular weight is 539 g/mol. The van der Waals surface area contributed by atoms with Crippen molar-refractivity contribution in [3.05, 3.63) is 77.5 Å². The van der Waals surface area contributed by atoms with E-state index in [4.69, 9.17) is 5.73 Å². The van der Waals surface area contributed by atoms with E-state index in [9.17, 15) is 22.8 Å². The summed E-state index contributed by atoms with van der Waals surface area (Å²) in [5, 5.41) is 0.798. The van der Waals surface area contributed by atoms with Crippen molar-refractivity contribution in [1.82, 2.24) is 14.8 Å². The third-order valence-electron chi connectivity index (χ3n) is 7.88. The number of fused-ring (bicyclic) bond motifs is 3. The number of rotatable bonds is 6. The second-order valence-electron chi connectivity index (χ2n) is 11.4. The van der Waals surface area contributed by atoms with Crippen molar-refractivity contribution in [3.63, 3.8) is 0 Å². The number of hydrogen-bond donors (Lipinski definition) is 2. The number of para-hydroxylation sites is 1. The molecule has 1 fully saturated rings. The van der Waals surface area contributed by atoms with Gasteiger partial charge in [-0.05, 0) is 49.4 Å². The lowest BCUT2D eigenvalue weighted by Crippen LogP contribution is -2.60. The quantitative estimate of drug-likeness (QED) is 0.473. The first-order chi connectivity index (χ1) is 18.4. The molecular weight excluding hydrogens is 505 g/mol. The highest BCUT2D eigenvalue weighted by Gasteiger charge is 2.49. The fourth-order valence-corrected chi connectivity index (χ4v) is 5.97. The van der Waals surface area contributed by atoms with E-state index in [0.717, 1.165) is 16.5 Å². The van der Waals surface area contributed by atoms with Gasteiger partial charge in [0.25, 0.3) is 0 Å². The van der Waals surface area contributed by atoms with Crippen LogP contribution in [0.2, 0.25) is 0 Å². The van der Waals surface area contributed by atoms with Gasteiger partial charge in [0.1, 0.15) is 6.04 Å². The van der Waals surface area contributed by atoms with E-state index in [1.807, 2.05) is 36.4 Å². The number of H-pyrrole nitrogens is 1. The monoisotopic (exact) mass is 538 g/mol. The van der Waals surface area contributed by atoms with Crippen molar-refractivity contribution < 1.29 is 22.8 Å². The van der Waals surface area contributed by atoms with Gasteiger partial charge in [-0.25, -0.2) is 0 Å². The molecule has 39 heavy (non-hydrogen) atoms. The first kappa shape index (κ1) is 27.0. The van der Waals surface area contributed by atoms with Gasteiger partial charge in [0, 0.05) is 54.1 Å². The van der Waals surface area contributed by atoms with E-state index < -0.39 is 36.1 Å². The smallest absolute Gasteiger partial charge is 0.361 e. The molecule has 2 heterocycles. The average Bonchev–Trinajstić information content (AvgIpc) is 3.46. The Morgan fingerprint density at radius 1 is 1.08 bits per heavy atom. The zero-order valence-electron chi connectivity index (χ0n) is 22.1. The van der Waals surface area contributed by atoms with Crippen molar-refractivity contribution >= 4 is 28.8 Å². The van der Waals surface area contributed by atoms with Gasteiger partial charge in [-0.1, -0.05) is 54.6 Å². The maximum atomic E-state index is 14.1. The van der Waals surface area contributed by atoms with E-state index in [1.165, 1.54) is 5.56 Å². The normalized spacial score (nSPS) is 17.4. The number of hydrogen-bond acceptors (Lipinski definition) is 3. The van der Waals surface area contributed by atoms with E-state index in [-0.39, 0.29) is 11.8 Å². The van der Waals surface area contributed by atoms with Crippen molar-refractivity contribution in [1.29, 1.82) is 0 Å². The van der Waals surface area contributed by atoms with E-state index in [0.29, 0.717) is 36.4 Å². The molecule has 3 N–H and O–H groups in total. The van der Waals surface area contributed by atoms with Crippen LogP contribution in [-0.4, -0.2) is 64.0 Å². The fourth-order valence-electron chi connectivity index (χ4n) is 5.97. The number of halogens is 3. The number of aromatic nitrogens is 1. The number of carbonyl (C=O) groups is 2. The number of nitrogens with one attached hydrogen (secondary N) is 1. The summed E-state index contributed by atoms with van der Waals surface area (Å²) >= 11 is 0. The van der Waals surface area contributed by atoms with Crippen LogP contribution in [0.25, 0.3) is 17.0 Å². The van der Waals surface area contributed by atoms with Gasteiger partial charge in [-0.3, -0.25) is 9.59 Å². The van der Waals surface area contributed by atoms with E-state index in [1.54, 1.807) is 24.9 Å². The third-order valence-corrected chi connectivity index (χ3v) is 7.88. The molecule has 6 nitrogen and oxygen atoms in total. The molecule has 0 saturated carbocycles. The molecule has 206 valence electrons. The number of benzene rings is 2. The molecule has 1 saturated heterocycles. The van der Waals surface area contributed by atoms with Gasteiger partial charge in [0.05, 0.1) is 0 Å². The molecule has 2 aromatic carbocycles. The van der Waals surface area contributed by atoms with Crippen LogP contribution in [0.15, 0.2) is 60.8 Å².